The summed E-state index contributed by atoms with van der Waals surface area (Å²) >= 11 is 0. The van der Waals surface area contributed by atoms with Crippen molar-refractivity contribution >= 4 is 0 Å². The van der Waals surface area contributed by atoms with Gasteiger partial charge in [-0.1, -0.05) is 33.1 Å². The molecule has 2 atom stereocenters. The molecule has 0 amide bonds. The molecule has 0 aromatic rings. The van der Waals surface area contributed by atoms with E-state index < -0.39 is 0 Å². The molecule has 2 rings (SSSR count). The first-order valence-corrected chi connectivity index (χ1v) is 8.66. The predicted octanol–water partition coefficient (Wildman–Crippen LogP) is 3.46. The summed E-state index contributed by atoms with van der Waals surface area (Å²) in [5.74, 6) is 0. The Hall–Kier alpha value is -0.590. The zero-order chi connectivity index (χ0) is 14.4. The van der Waals surface area contributed by atoms with Gasteiger partial charge in [0.05, 0.1) is 6.07 Å². The highest BCUT2D eigenvalue weighted by Crippen LogP contribution is 2.34. The molecule has 0 heterocycles. The van der Waals surface area contributed by atoms with Crippen LogP contribution in [0.3, 0.4) is 0 Å². The zero-order valence-electron chi connectivity index (χ0n) is 13.3. The quantitative estimate of drug-likeness (QED) is 0.836. The van der Waals surface area contributed by atoms with E-state index in [0.717, 1.165) is 32.0 Å². The maximum atomic E-state index is 9.62. The lowest BCUT2D eigenvalue weighted by Gasteiger charge is -2.45. The monoisotopic (exact) mass is 277 g/mol. The molecule has 2 saturated carbocycles. The molecule has 0 spiro atoms. The number of nitrogens with one attached hydrogen (secondary N) is 1. The second-order valence-electron chi connectivity index (χ2n) is 6.60. The summed E-state index contributed by atoms with van der Waals surface area (Å²) in [5.41, 5.74) is -0.264. The highest BCUT2D eigenvalue weighted by atomic mass is 15.2. The van der Waals surface area contributed by atoms with E-state index in [1.54, 1.807) is 0 Å². The minimum absolute atomic E-state index is 0.264. The number of rotatable bonds is 5. The van der Waals surface area contributed by atoms with Crippen LogP contribution in [0.2, 0.25) is 0 Å². The third kappa shape index (κ3) is 3.54. The number of hydrogen-bond donors (Lipinski definition) is 1. The lowest BCUT2D eigenvalue weighted by molar-refractivity contribution is 0.0666. The van der Waals surface area contributed by atoms with Gasteiger partial charge >= 0.3 is 0 Å². The van der Waals surface area contributed by atoms with E-state index in [1.807, 2.05) is 0 Å². The molecule has 2 unspecified atom stereocenters. The molecule has 0 bridgehead atoms. The first kappa shape index (κ1) is 15.8. The van der Waals surface area contributed by atoms with Crippen molar-refractivity contribution in [1.82, 2.24) is 10.2 Å². The van der Waals surface area contributed by atoms with Crippen molar-refractivity contribution in [3.8, 4) is 6.07 Å². The van der Waals surface area contributed by atoms with E-state index in [-0.39, 0.29) is 5.54 Å². The second kappa shape index (κ2) is 7.43. The maximum Gasteiger partial charge on any atom is 0.108 e. The summed E-state index contributed by atoms with van der Waals surface area (Å²) in [6.07, 6.45) is 11.4. The van der Waals surface area contributed by atoms with Gasteiger partial charge in [0.2, 0.25) is 0 Å². The van der Waals surface area contributed by atoms with Crippen LogP contribution in [-0.4, -0.2) is 35.6 Å². The Morgan fingerprint density at radius 1 is 1.10 bits per heavy atom. The van der Waals surface area contributed by atoms with Gasteiger partial charge in [0, 0.05) is 12.1 Å². The van der Waals surface area contributed by atoms with Crippen molar-refractivity contribution in [3.63, 3.8) is 0 Å². The smallest absolute Gasteiger partial charge is 0.108 e. The number of hydrogen-bond acceptors (Lipinski definition) is 3. The van der Waals surface area contributed by atoms with Crippen molar-refractivity contribution in [1.29, 1.82) is 5.26 Å². The van der Waals surface area contributed by atoms with E-state index >= 15 is 0 Å². The van der Waals surface area contributed by atoms with E-state index in [2.05, 4.69) is 30.1 Å². The van der Waals surface area contributed by atoms with Crippen molar-refractivity contribution in [2.45, 2.75) is 89.3 Å². The molecule has 114 valence electrons. The third-order valence-electron chi connectivity index (χ3n) is 5.33. The average Bonchev–Trinajstić information content (AvgIpc) is 2.50. The molecule has 0 aromatic carbocycles. The molecule has 2 aliphatic carbocycles. The summed E-state index contributed by atoms with van der Waals surface area (Å²) in [6.45, 7) is 6.45. The Morgan fingerprint density at radius 3 is 2.40 bits per heavy atom. The van der Waals surface area contributed by atoms with Crippen LogP contribution in [0.15, 0.2) is 0 Å². The first-order valence-electron chi connectivity index (χ1n) is 8.66. The molecule has 2 fully saturated rings. The predicted molar refractivity (Wildman–Crippen MR) is 83.5 cm³/mol. The van der Waals surface area contributed by atoms with Gasteiger partial charge in [-0.3, -0.25) is 10.2 Å². The fraction of sp³-hybridized carbons (Fsp3) is 0.941. The SMILES string of the molecule is CCNC1(C#N)CCCC(N(CC)C2CCCCC2)C1. The second-order valence-corrected chi connectivity index (χ2v) is 6.60. The molecule has 20 heavy (non-hydrogen) atoms. The Kier molecular flexibility index (Phi) is 5.86. The van der Waals surface area contributed by atoms with Crippen LogP contribution in [0.25, 0.3) is 0 Å². The highest BCUT2D eigenvalue weighted by molar-refractivity contribution is 5.11. The molecular weight excluding hydrogens is 246 g/mol. The molecule has 3 nitrogen and oxygen atoms in total. The van der Waals surface area contributed by atoms with Gasteiger partial charge in [0.15, 0.2) is 0 Å². The van der Waals surface area contributed by atoms with Gasteiger partial charge in [-0.25, -0.2) is 0 Å². The van der Waals surface area contributed by atoms with Crippen molar-refractivity contribution in [2.75, 3.05) is 13.1 Å². The van der Waals surface area contributed by atoms with Crippen LogP contribution < -0.4 is 5.32 Å². The van der Waals surface area contributed by atoms with E-state index in [4.69, 9.17) is 0 Å². The van der Waals surface area contributed by atoms with E-state index in [0.29, 0.717) is 6.04 Å². The van der Waals surface area contributed by atoms with Gasteiger partial charge in [-0.2, -0.15) is 5.26 Å². The lowest BCUT2D eigenvalue weighted by Crippen LogP contribution is -2.54. The molecule has 1 N–H and O–H groups in total. The molecule has 3 heteroatoms. The normalized spacial score (nSPS) is 32.2. The van der Waals surface area contributed by atoms with Gasteiger partial charge in [-0.05, 0) is 51.6 Å². The summed E-state index contributed by atoms with van der Waals surface area (Å²) in [7, 11) is 0. The standard InChI is InChI=1S/C17H31N3/c1-3-19-17(14-18)12-8-11-16(13-17)20(4-2)15-9-6-5-7-10-15/h15-16,19H,3-13H2,1-2H3. The Balaban J connectivity index is 2.03. The van der Waals surface area contributed by atoms with E-state index in [9.17, 15) is 5.26 Å². The summed E-state index contributed by atoms with van der Waals surface area (Å²) in [4.78, 5) is 2.72. The van der Waals surface area contributed by atoms with Crippen molar-refractivity contribution < 1.29 is 0 Å². The summed E-state index contributed by atoms with van der Waals surface area (Å²) in [5, 5.41) is 13.1. The topological polar surface area (TPSA) is 39.1 Å². The third-order valence-corrected chi connectivity index (χ3v) is 5.33. The average molecular weight is 277 g/mol. The summed E-state index contributed by atoms with van der Waals surface area (Å²) in [6, 6.07) is 3.97. The zero-order valence-corrected chi connectivity index (χ0v) is 13.3. The van der Waals surface area contributed by atoms with Crippen LogP contribution in [0, 0.1) is 11.3 Å². The maximum absolute atomic E-state index is 9.62. The largest absolute Gasteiger partial charge is 0.300 e. The fourth-order valence-corrected chi connectivity index (χ4v) is 4.40. The van der Waals surface area contributed by atoms with Crippen molar-refractivity contribution in [3.05, 3.63) is 0 Å². The highest BCUT2D eigenvalue weighted by Gasteiger charge is 2.39. The van der Waals surface area contributed by atoms with Crippen LogP contribution in [0.5, 0.6) is 0 Å². The molecular formula is C17H31N3. The van der Waals surface area contributed by atoms with Gasteiger partial charge in [0.1, 0.15) is 5.54 Å². The number of nitriles is 1. The van der Waals surface area contributed by atoms with Gasteiger partial charge in [-0.15, -0.1) is 0 Å². The Bertz CT molecular complexity index is 326. The fourth-order valence-electron chi connectivity index (χ4n) is 4.40. The molecule has 0 saturated heterocycles. The molecule has 0 aliphatic heterocycles. The van der Waals surface area contributed by atoms with Crippen LogP contribution in [0.1, 0.15) is 71.6 Å². The van der Waals surface area contributed by atoms with Crippen LogP contribution in [0.4, 0.5) is 0 Å². The lowest BCUT2D eigenvalue weighted by atomic mass is 9.78. The van der Waals surface area contributed by atoms with Crippen LogP contribution >= 0.6 is 0 Å². The number of nitrogens with zero attached hydrogens (tertiary/aromatic N) is 2. The molecule has 2 aliphatic rings. The summed E-state index contributed by atoms with van der Waals surface area (Å²) < 4.78 is 0. The Labute approximate surface area is 124 Å². The van der Waals surface area contributed by atoms with Gasteiger partial charge < -0.3 is 0 Å². The molecule has 0 radical (unpaired) electrons. The Morgan fingerprint density at radius 2 is 1.80 bits per heavy atom. The van der Waals surface area contributed by atoms with Gasteiger partial charge in [0.25, 0.3) is 0 Å². The minimum Gasteiger partial charge on any atom is -0.300 e. The van der Waals surface area contributed by atoms with Crippen molar-refractivity contribution in [2.24, 2.45) is 0 Å². The first-order chi connectivity index (χ1) is 9.74. The minimum atomic E-state index is -0.264. The van der Waals surface area contributed by atoms with Crippen LogP contribution in [-0.2, 0) is 0 Å². The van der Waals surface area contributed by atoms with E-state index in [1.165, 1.54) is 44.9 Å². The molecule has 0 aromatic heterocycles.